The van der Waals surface area contributed by atoms with Crippen molar-refractivity contribution in [1.82, 2.24) is 0 Å². The van der Waals surface area contributed by atoms with Crippen LogP contribution in [0.15, 0.2) is 0 Å². The third-order valence-electron chi connectivity index (χ3n) is 4.77. The van der Waals surface area contributed by atoms with E-state index in [0.717, 1.165) is 25.9 Å². The van der Waals surface area contributed by atoms with Gasteiger partial charge in [-0.25, -0.2) is 0 Å². The van der Waals surface area contributed by atoms with Crippen LogP contribution in [0.3, 0.4) is 0 Å². The number of aliphatic hydroxyl groups excluding tert-OH is 1. The van der Waals surface area contributed by atoms with Crippen LogP contribution in [0.25, 0.3) is 0 Å². The first-order chi connectivity index (χ1) is 11.2. The predicted octanol–water partition coefficient (Wildman–Crippen LogP) is 6.64. The molecule has 0 aliphatic carbocycles. The number of hydrogen-bond donors (Lipinski definition) is 1. The fraction of sp³-hybridized carbons (Fsp3) is 1.00. The number of unbranched alkanes of at least 4 members (excludes halogenated alkanes) is 12. The van der Waals surface area contributed by atoms with Crippen LogP contribution in [0, 0.1) is 0 Å². The first-order valence-electron chi connectivity index (χ1n) is 10.5. The Morgan fingerprint density at radius 3 is 1.61 bits per heavy atom. The Labute approximate surface area is 146 Å². The number of hydrogen-bond acceptors (Lipinski definition) is 2. The van der Waals surface area contributed by atoms with E-state index in [1.54, 1.807) is 0 Å². The zero-order valence-corrected chi connectivity index (χ0v) is 16.3. The molecule has 0 aromatic carbocycles. The monoisotopic (exact) mass is 328 g/mol. The Morgan fingerprint density at radius 2 is 1.09 bits per heavy atom. The molecule has 0 spiro atoms. The fourth-order valence-electron chi connectivity index (χ4n) is 2.98. The third kappa shape index (κ3) is 16.6. The average Bonchev–Trinajstić information content (AvgIpc) is 2.56. The lowest BCUT2D eigenvalue weighted by atomic mass is 10.0. The highest BCUT2D eigenvalue weighted by Gasteiger charge is 2.13. The summed E-state index contributed by atoms with van der Waals surface area (Å²) in [5.74, 6) is 0. The molecule has 0 aliphatic heterocycles. The van der Waals surface area contributed by atoms with Crippen molar-refractivity contribution >= 4 is 0 Å². The summed E-state index contributed by atoms with van der Waals surface area (Å²) >= 11 is 0. The maximum Gasteiger partial charge on any atom is 0.0805 e. The van der Waals surface area contributed by atoms with Crippen LogP contribution in [0.2, 0.25) is 0 Å². The van der Waals surface area contributed by atoms with Gasteiger partial charge in [-0.15, -0.1) is 0 Å². The molecule has 0 amide bonds. The molecule has 140 valence electrons. The van der Waals surface area contributed by atoms with Crippen LogP contribution in [0.1, 0.15) is 117 Å². The van der Waals surface area contributed by atoms with Crippen molar-refractivity contribution in [3.05, 3.63) is 0 Å². The maximum absolute atomic E-state index is 10.1. The second-order valence-corrected chi connectivity index (χ2v) is 7.17. The molecule has 1 N–H and O–H groups in total. The molecule has 0 rings (SSSR count). The van der Waals surface area contributed by atoms with E-state index < -0.39 is 0 Å². The molecular formula is C21H44O2. The molecule has 0 saturated heterocycles. The lowest BCUT2D eigenvalue weighted by molar-refractivity contribution is -0.0317. The molecule has 2 unspecified atom stereocenters. The molecule has 0 aliphatic rings. The Bertz CT molecular complexity index is 218. The van der Waals surface area contributed by atoms with Crippen LogP contribution >= 0.6 is 0 Å². The van der Waals surface area contributed by atoms with Crippen molar-refractivity contribution in [2.75, 3.05) is 6.61 Å². The Kier molecular flexibility index (Phi) is 18.2. The molecule has 0 radical (unpaired) electrons. The maximum atomic E-state index is 10.1. The van der Waals surface area contributed by atoms with Gasteiger partial charge in [-0.2, -0.15) is 0 Å². The average molecular weight is 329 g/mol. The second kappa shape index (κ2) is 18.3. The summed E-state index contributed by atoms with van der Waals surface area (Å²) in [6, 6.07) is 0. The third-order valence-corrected chi connectivity index (χ3v) is 4.77. The van der Waals surface area contributed by atoms with Crippen LogP contribution < -0.4 is 0 Å². The normalized spacial score (nSPS) is 14.1. The van der Waals surface area contributed by atoms with E-state index in [-0.39, 0.29) is 12.2 Å². The van der Waals surface area contributed by atoms with Gasteiger partial charge in [0.15, 0.2) is 0 Å². The molecule has 0 bridgehead atoms. The zero-order valence-electron chi connectivity index (χ0n) is 16.3. The van der Waals surface area contributed by atoms with Gasteiger partial charge >= 0.3 is 0 Å². The Balaban J connectivity index is 3.32. The standard InChI is InChI=1S/C21H44O2/c1-4-6-8-10-11-12-13-14-16-18-21(22)20(3)23-19-17-15-9-7-5-2/h20-22H,4-19H2,1-3H3. The first-order valence-corrected chi connectivity index (χ1v) is 10.5. The molecular weight excluding hydrogens is 284 g/mol. The molecule has 2 nitrogen and oxygen atoms in total. The van der Waals surface area contributed by atoms with Gasteiger partial charge in [0, 0.05) is 6.61 Å². The largest absolute Gasteiger partial charge is 0.390 e. The Morgan fingerprint density at radius 1 is 0.652 bits per heavy atom. The quantitative estimate of drug-likeness (QED) is 0.286. The van der Waals surface area contributed by atoms with Gasteiger partial charge in [0.25, 0.3) is 0 Å². The van der Waals surface area contributed by atoms with E-state index in [1.165, 1.54) is 77.0 Å². The molecule has 0 saturated carbocycles. The van der Waals surface area contributed by atoms with Crippen LogP contribution in [0.4, 0.5) is 0 Å². The highest BCUT2D eigenvalue weighted by molar-refractivity contribution is 4.64. The van der Waals surface area contributed by atoms with Gasteiger partial charge in [-0.3, -0.25) is 0 Å². The lowest BCUT2D eigenvalue weighted by Crippen LogP contribution is -2.26. The van der Waals surface area contributed by atoms with Crippen molar-refractivity contribution in [3.8, 4) is 0 Å². The van der Waals surface area contributed by atoms with Gasteiger partial charge in [0.1, 0.15) is 0 Å². The minimum absolute atomic E-state index is 0.00443. The van der Waals surface area contributed by atoms with Crippen molar-refractivity contribution in [2.24, 2.45) is 0 Å². The van der Waals surface area contributed by atoms with Gasteiger partial charge < -0.3 is 9.84 Å². The number of ether oxygens (including phenoxy) is 1. The van der Waals surface area contributed by atoms with Gasteiger partial charge in [-0.05, 0) is 19.8 Å². The summed E-state index contributed by atoms with van der Waals surface area (Å²) in [6.45, 7) is 7.33. The number of rotatable bonds is 18. The molecule has 0 aromatic rings. The topological polar surface area (TPSA) is 29.5 Å². The fourth-order valence-corrected chi connectivity index (χ4v) is 2.98. The lowest BCUT2D eigenvalue weighted by Gasteiger charge is -2.19. The van der Waals surface area contributed by atoms with E-state index in [9.17, 15) is 5.11 Å². The summed E-state index contributed by atoms with van der Waals surface area (Å²) in [4.78, 5) is 0. The van der Waals surface area contributed by atoms with E-state index in [4.69, 9.17) is 4.74 Å². The van der Waals surface area contributed by atoms with E-state index in [0.29, 0.717) is 0 Å². The molecule has 23 heavy (non-hydrogen) atoms. The highest BCUT2D eigenvalue weighted by Crippen LogP contribution is 2.13. The first kappa shape index (κ1) is 22.9. The summed E-state index contributed by atoms with van der Waals surface area (Å²) in [6.07, 6.45) is 18.9. The van der Waals surface area contributed by atoms with E-state index in [1.807, 2.05) is 6.92 Å². The van der Waals surface area contributed by atoms with Gasteiger partial charge in [-0.1, -0.05) is 97.3 Å². The van der Waals surface area contributed by atoms with Gasteiger partial charge in [0.05, 0.1) is 12.2 Å². The highest BCUT2D eigenvalue weighted by atomic mass is 16.5. The molecule has 2 heteroatoms. The summed E-state index contributed by atoms with van der Waals surface area (Å²) in [5, 5.41) is 10.1. The van der Waals surface area contributed by atoms with E-state index >= 15 is 0 Å². The van der Waals surface area contributed by atoms with Crippen LogP contribution in [0.5, 0.6) is 0 Å². The molecule has 2 atom stereocenters. The summed E-state index contributed by atoms with van der Waals surface area (Å²) in [5.41, 5.74) is 0. The summed E-state index contributed by atoms with van der Waals surface area (Å²) in [7, 11) is 0. The van der Waals surface area contributed by atoms with Gasteiger partial charge in [0.2, 0.25) is 0 Å². The molecule has 0 heterocycles. The number of aliphatic hydroxyl groups is 1. The van der Waals surface area contributed by atoms with Crippen molar-refractivity contribution in [1.29, 1.82) is 0 Å². The van der Waals surface area contributed by atoms with Crippen molar-refractivity contribution in [2.45, 2.75) is 129 Å². The minimum Gasteiger partial charge on any atom is -0.390 e. The van der Waals surface area contributed by atoms with Crippen molar-refractivity contribution in [3.63, 3.8) is 0 Å². The van der Waals surface area contributed by atoms with Crippen LogP contribution in [-0.4, -0.2) is 23.9 Å². The van der Waals surface area contributed by atoms with Crippen LogP contribution in [-0.2, 0) is 4.74 Å². The predicted molar refractivity (Wildman–Crippen MR) is 102 cm³/mol. The minimum atomic E-state index is -0.282. The smallest absolute Gasteiger partial charge is 0.0805 e. The summed E-state index contributed by atoms with van der Waals surface area (Å²) < 4.78 is 5.77. The second-order valence-electron chi connectivity index (χ2n) is 7.17. The SMILES string of the molecule is CCCCCCCCCCCC(O)C(C)OCCCCCCC. The molecule has 0 fully saturated rings. The molecule has 0 aromatic heterocycles. The Hall–Kier alpha value is -0.0800. The van der Waals surface area contributed by atoms with E-state index in [2.05, 4.69) is 13.8 Å². The zero-order chi connectivity index (χ0) is 17.2. The van der Waals surface area contributed by atoms with Crippen molar-refractivity contribution < 1.29 is 9.84 Å².